The predicted molar refractivity (Wildman–Crippen MR) is 61.9 cm³/mol. The van der Waals surface area contributed by atoms with E-state index in [0.717, 1.165) is 12.1 Å². The van der Waals surface area contributed by atoms with Gasteiger partial charge in [0.1, 0.15) is 5.82 Å². The number of hydrogen-bond donors (Lipinski definition) is 1. The van der Waals surface area contributed by atoms with Gasteiger partial charge in [-0.1, -0.05) is 11.6 Å². The summed E-state index contributed by atoms with van der Waals surface area (Å²) in [6.07, 6.45) is -4.66. The molecule has 1 aromatic carbocycles. The molecule has 0 unspecified atom stereocenters. The van der Waals surface area contributed by atoms with Crippen LogP contribution in [0.1, 0.15) is 5.69 Å². The molecule has 0 fully saturated rings. The van der Waals surface area contributed by atoms with Crippen molar-refractivity contribution in [1.82, 2.24) is 9.97 Å². The van der Waals surface area contributed by atoms with E-state index in [1.165, 1.54) is 6.07 Å². The molecular weight excluding hydrogens is 286 g/mol. The number of alkyl halides is 3. The second kappa shape index (κ2) is 4.65. The zero-order valence-electron chi connectivity index (χ0n) is 9.17. The molecule has 100 valence electrons. The first-order chi connectivity index (χ1) is 8.75. The molecule has 0 aliphatic rings. The zero-order valence-corrected chi connectivity index (χ0v) is 9.93. The molecule has 1 heterocycles. The number of anilines is 1. The lowest BCUT2D eigenvalue weighted by Crippen LogP contribution is -2.11. The molecule has 0 aliphatic carbocycles. The fourth-order valence-corrected chi connectivity index (χ4v) is 1.68. The normalized spacial score (nSPS) is 11.6. The fraction of sp³-hybridized carbons (Fsp3) is 0.0909. The highest BCUT2D eigenvalue weighted by Gasteiger charge is 2.33. The third kappa shape index (κ3) is 3.11. The molecule has 0 aliphatic heterocycles. The molecular formula is C11H6ClF4N3. The monoisotopic (exact) mass is 291 g/mol. The number of nitrogens with zero attached hydrogens (tertiary/aromatic N) is 2. The molecule has 2 rings (SSSR count). The number of nitrogen functional groups attached to an aromatic ring is 1. The van der Waals surface area contributed by atoms with Crippen LogP contribution in [-0.4, -0.2) is 9.97 Å². The van der Waals surface area contributed by atoms with Crippen molar-refractivity contribution in [3.63, 3.8) is 0 Å². The molecule has 0 saturated carbocycles. The van der Waals surface area contributed by atoms with Gasteiger partial charge in [-0.3, -0.25) is 0 Å². The molecule has 8 heteroatoms. The maximum Gasteiger partial charge on any atom is 0.433 e. The fourth-order valence-electron chi connectivity index (χ4n) is 1.46. The Balaban J connectivity index is 2.59. The Bertz CT molecular complexity index is 608. The Labute approximate surface area is 110 Å². The van der Waals surface area contributed by atoms with Crippen LogP contribution in [0.4, 0.5) is 23.5 Å². The Morgan fingerprint density at radius 2 is 1.74 bits per heavy atom. The van der Waals surface area contributed by atoms with Crippen LogP contribution in [-0.2, 0) is 6.18 Å². The highest BCUT2D eigenvalue weighted by atomic mass is 35.5. The third-order valence-corrected chi connectivity index (χ3v) is 2.41. The maximum absolute atomic E-state index is 13.2. The molecule has 0 spiro atoms. The van der Waals surface area contributed by atoms with E-state index in [0.29, 0.717) is 6.07 Å². The van der Waals surface area contributed by atoms with Gasteiger partial charge >= 0.3 is 6.18 Å². The van der Waals surface area contributed by atoms with Gasteiger partial charge in [0.25, 0.3) is 0 Å². The average Bonchev–Trinajstić information content (AvgIpc) is 2.25. The molecule has 0 saturated heterocycles. The van der Waals surface area contributed by atoms with Gasteiger partial charge in [-0.25, -0.2) is 14.4 Å². The average molecular weight is 292 g/mol. The maximum atomic E-state index is 13.2. The Morgan fingerprint density at radius 1 is 1.05 bits per heavy atom. The van der Waals surface area contributed by atoms with E-state index in [-0.39, 0.29) is 16.3 Å². The van der Waals surface area contributed by atoms with Crippen molar-refractivity contribution in [3.05, 3.63) is 40.8 Å². The largest absolute Gasteiger partial charge is 0.433 e. The lowest BCUT2D eigenvalue weighted by atomic mass is 10.1. The van der Waals surface area contributed by atoms with Crippen molar-refractivity contribution in [2.45, 2.75) is 6.18 Å². The third-order valence-electron chi connectivity index (χ3n) is 2.19. The molecule has 3 nitrogen and oxygen atoms in total. The van der Waals surface area contributed by atoms with Gasteiger partial charge in [0, 0.05) is 10.6 Å². The standard InChI is InChI=1S/C11H6ClF4N3/c12-6-1-5(2-7(13)3-6)8-4-9(11(14,15)16)19-10(17)18-8/h1-4H,(H2,17,18,19). The van der Waals surface area contributed by atoms with Crippen molar-refractivity contribution >= 4 is 17.5 Å². The first-order valence-electron chi connectivity index (χ1n) is 4.94. The molecule has 0 amide bonds. The summed E-state index contributed by atoms with van der Waals surface area (Å²) in [5.74, 6) is -1.24. The lowest BCUT2D eigenvalue weighted by Gasteiger charge is -2.09. The quantitative estimate of drug-likeness (QED) is 0.818. The van der Waals surface area contributed by atoms with Crippen LogP contribution >= 0.6 is 11.6 Å². The van der Waals surface area contributed by atoms with Crippen LogP contribution in [0.25, 0.3) is 11.3 Å². The van der Waals surface area contributed by atoms with E-state index in [9.17, 15) is 17.6 Å². The summed E-state index contributed by atoms with van der Waals surface area (Å²) >= 11 is 5.63. The minimum absolute atomic E-state index is 0.0424. The summed E-state index contributed by atoms with van der Waals surface area (Å²) in [5, 5.41) is 0.0424. The van der Waals surface area contributed by atoms with Crippen molar-refractivity contribution in [3.8, 4) is 11.3 Å². The Hall–Kier alpha value is -1.89. The summed E-state index contributed by atoms with van der Waals surface area (Å²) in [6, 6.07) is 4.00. The number of hydrogen-bond acceptors (Lipinski definition) is 3. The van der Waals surface area contributed by atoms with E-state index in [2.05, 4.69) is 9.97 Å². The van der Waals surface area contributed by atoms with Crippen molar-refractivity contribution in [2.75, 3.05) is 5.73 Å². The number of benzene rings is 1. The first kappa shape index (κ1) is 13.5. The minimum Gasteiger partial charge on any atom is -0.368 e. The number of nitrogens with two attached hydrogens (primary N) is 1. The zero-order chi connectivity index (χ0) is 14.2. The van der Waals surface area contributed by atoms with E-state index in [1.54, 1.807) is 0 Å². The summed E-state index contributed by atoms with van der Waals surface area (Å²) in [6.45, 7) is 0. The molecule has 2 aromatic rings. The molecule has 0 atom stereocenters. The van der Waals surface area contributed by atoms with E-state index in [4.69, 9.17) is 17.3 Å². The second-order valence-corrected chi connectivity index (χ2v) is 4.09. The summed E-state index contributed by atoms with van der Waals surface area (Å²) in [7, 11) is 0. The molecule has 2 N–H and O–H groups in total. The Morgan fingerprint density at radius 3 is 2.32 bits per heavy atom. The molecule has 0 bridgehead atoms. The lowest BCUT2D eigenvalue weighted by molar-refractivity contribution is -0.141. The van der Waals surface area contributed by atoms with Crippen LogP contribution in [0, 0.1) is 5.82 Å². The van der Waals surface area contributed by atoms with Gasteiger partial charge in [0.05, 0.1) is 5.69 Å². The smallest absolute Gasteiger partial charge is 0.368 e. The van der Waals surface area contributed by atoms with E-state index in [1.807, 2.05) is 0 Å². The topological polar surface area (TPSA) is 51.8 Å². The van der Waals surface area contributed by atoms with Gasteiger partial charge in [-0.2, -0.15) is 13.2 Å². The van der Waals surface area contributed by atoms with Crippen molar-refractivity contribution in [1.29, 1.82) is 0 Å². The molecule has 0 radical (unpaired) electrons. The number of halogens is 5. The Kier molecular flexibility index (Phi) is 3.32. The number of rotatable bonds is 1. The van der Waals surface area contributed by atoms with Crippen molar-refractivity contribution in [2.24, 2.45) is 0 Å². The molecule has 1 aromatic heterocycles. The predicted octanol–water partition coefficient (Wildman–Crippen LogP) is 3.54. The first-order valence-corrected chi connectivity index (χ1v) is 5.32. The van der Waals surface area contributed by atoms with Gasteiger partial charge in [-0.15, -0.1) is 0 Å². The van der Waals surface area contributed by atoms with Gasteiger partial charge < -0.3 is 5.73 Å². The van der Waals surface area contributed by atoms with Crippen LogP contribution in [0.5, 0.6) is 0 Å². The van der Waals surface area contributed by atoms with Crippen LogP contribution in [0.3, 0.4) is 0 Å². The van der Waals surface area contributed by atoms with E-state index >= 15 is 0 Å². The van der Waals surface area contributed by atoms with Crippen LogP contribution in [0.15, 0.2) is 24.3 Å². The second-order valence-electron chi connectivity index (χ2n) is 3.65. The van der Waals surface area contributed by atoms with Gasteiger partial charge in [-0.05, 0) is 24.3 Å². The van der Waals surface area contributed by atoms with Crippen LogP contribution in [0.2, 0.25) is 5.02 Å². The van der Waals surface area contributed by atoms with Gasteiger partial charge in [0.2, 0.25) is 5.95 Å². The summed E-state index contributed by atoms with van der Waals surface area (Å²) in [5.41, 5.74) is 3.96. The molecule has 19 heavy (non-hydrogen) atoms. The van der Waals surface area contributed by atoms with E-state index < -0.39 is 23.6 Å². The van der Waals surface area contributed by atoms with Gasteiger partial charge in [0.15, 0.2) is 5.69 Å². The number of aromatic nitrogens is 2. The SMILES string of the molecule is Nc1nc(-c2cc(F)cc(Cl)c2)cc(C(F)(F)F)n1. The minimum atomic E-state index is -4.66. The summed E-state index contributed by atoms with van der Waals surface area (Å²) < 4.78 is 50.9. The summed E-state index contributed by atoms with van der Waals surface area (Å²) in [4.78, 5) is 6.73. The van der Waals surface area contributed by atoms with Crippen LogP contribution < -0.4 is 5.73 Å². The van der Waals surface area contributed by atoms with Crippen molar-refractivity contribution < 1.29 is 17.6 Å². The highest BCUT2D eigenvalue weighted by Crippen LogP contribution is 2.31. The highest BCUT2D eigenvalue weighted by molar-refractivity contribution is 6.30.